The van der Waals surface area contributed by atoms with Crippen molar-refractivity contribution in [3.63, 3.8) is 0 Å². The van der Waals surface area contributed by atoms with Crippen molar-refractivity contribution in [1.82, 2.24) is 4.90 Å². The molecule has 3 nitrogen and oxygen atoms in total. The Bertz CT molecular complexity index is 203. The van der Waals surface area contributed by atoms with Crippen LogP contribution in [0.25, 0.3) is 0 Å². The van der Waals surface area contributed by atoms with Gasteiger partial charge in [-0.1, -0.05) is 15.9 Å². The van der Waals surface area contributed by atoms with Crippen molar-refractivity contribution in [2.45, 2.75) is 17.8 Å². The first-order valence-electron chi connectivity index (χ1n) is 4.69. The van der Waals surface area contributed by atoms with Crippen LogP contribution in [-0.4, -0.2) is 53.4 Å². The number of thioether (sulfide) groups is 1. The number of halogens is 1. The summed E-state index contributed by atoms with van der Waals surface area (Å²) in [5.74, 6) is 2.13. The molecule has 1 saturated heterocycles. The van der Waals surface area contributed by atoms with Gasteiger partial charge >= 0.3 is 5.97 Å². The van der Waals surface area contributed by atoms with E-state index in [1.807, 2.05) is 11.8 Å². The third kappa shape index (κ3) is 3.44. The summed E-state index contributed by atoms with van der Waals surface area (Å²) in [5, 5.41) is 0. The van der Waals surface area contributed by atoms with Gasteiger partial charge in [-0.3, -0.25) is 9.69 Å². The molecule has 1 fully saturated rings. The van der Waals surface area contributed by atoms with Crippen LogP contribution in [0.4, 0.5) is 0 Å². The summed E-state index contributed by atoms with van der Waals surface area (Å²) in [6.45, 7) is 4.00. The summed E-state index contributed by atoms with van der Waals surface area (Å²) in [6.07, 6.45) is 0. The van der Waals surface area contributed by atoms with Crippen molar-refractivity contribution in [3.8, 4) is 0 Å². The average molecular weight is 282 g/mol. The molecule has 14 heavy (non-hydrogen) atoms. The molecule has 2 unspecified atom stereocenters. The standard InChI is InChI=1S/C9H16BrNO2S/c1-7-6-14-4-3-11(7)5-8(10)9(12)13-2/h7-8H,3-6H2,1-2H3. The van der Waals surface area contributed by atoms with Crippen LogP contribution in [0.15, 0.2) is 0 Å². The zero-order valence-electron chi connectivity index (χ0n) is 8.53. The van der Waals surface area contributed by atoms with Gasteiger partial charge in [-0.25, -0.2) is 0 Å². The number of carbonyl (C=O) groups is 1. The zero-order valence-corrected chi connectivity index (χ0v) is 10.9. The van der Waals surface area contributed by atoms with Crippen molar-refractivity contribution in [1.29, 1.82) is 0 Å². The predicted molar refractivity (Wildman–Crippen MR) is 63.1 cm³/mol. The zero-order chi connectivity index (χ0) is 10.6. The molecule has 1 aliphatic rings. The Balaban J connectivity index is 2.38. The van der Waals surface area contributed by atoms with E-state index in [9.17, 15) is 4.79 Å². The quantitative estimate of drug-likeness (QED) is 0.577. The summed E-state index contributed by atoms with van der Waals surface area (Å²) in [5.41, 5.74) is 0. The molecule has 0 aromatic carbocycles. The van der Waals surface area contributed by atoms with Crippen molar-refractivity contribution in [3.05, 3.63) is 0 Å². The number of alkyl halides is 1. The van der Waals surface area contributed by atoms with Crippen molar-refractivity contribution < 1.29 is 9.53 Å². The smallest absolute Gasteiger partial charge is 0.320 e. The molecule has 0 saturated carbocycles. The maximum Gasteiger partial charge on any atom is 0.320 e. The fourth-order valence-electron chi connectivity index (χ4n) is 1.44. The molecule has 1 heterocycles. The lowest BCUT2D eigenvalue weighted by Gasteiger charge is -2.33. The Hall–Kier alpha value is 0.260. The van der Waals surface area contributed by atoms with Gasteiger partial charge in [-0.2, -0.15) is 11.8 Å². The molecule has 1 rings (SSSR count). The van der Waals surface area contributed by atoms with E-state index in [4.69, 9.17) is 0 Å². The fraction of sp³-hybridized carbons (Fsp3) is 0.889. The van der Waals surface area contributed by atoms with Crippen LogP contribution in [0.5, 0.6) is 0 Å². The van der Waals surface area contributed by atoms with E-state index in [2.05, 4.69) is 32.5 Å². The summed E-state index contributed by atoms with van der Waals surface area (Å²) in [4.78, 5) is 13.3. The van der Waals surface area contributed by atoms with Gasteiger partial charge in [0.05, 0.1) is 7.11 Å². The summed E-state index contributed by atoms with van der Waals surface area (Å²) >= 11 is 5.32. The molecule has 0 N–H and O–H groups in total. The van der Waals surface area contributed by atoms with Gasteiger partial charge in [0.2, 0.25) is 0 Å². The lowest BCUT2D eigenvalue weighted by Crippen LogP contribution is -2.44. The van der Waals surface area contributed by atoms with E-state index in [1.54, 1.807) is 0 Å². The maximum absolute atomic E-state index is 11.2. The third-order valence-electron chi connectivity index (χ3n) is 2.36. The second kappa shape index (κ2) is 5.98. The van der Waals surface area contributed by atoms with E-state index in [-0.39, 0.29) is 10.8 Å². The van der Waals surface area contributed by atoms with E-state index < -0.39 is 0 Å². The molecule has 0 aliphatic carbocycles. The molecular formula is C9H16BrNO2S. The molecule has 0 bridgehead atoms. The Labute approximate surface area is 97.7 Å². The highest BCUT2D eigenvalue weighted by Gasteiger charge is 2.24. The highest BCUT2D eigenvalue weighted by atomic mass is 79.9. The van der Waals surface area contributed by atoms with Crippen LogP contribution in [0.1, 0.15) is 6.92 Å². The molecule has 5 heteroatoms. The third-order valence-corrected chi connectivity index (χ3v) is 4.21. The van der Waals surface area contributed by atoms with Crippen molar-refractivity contribution >= 4 is 33.7 Å². The molecule has 82 valence electrons. The van der Waals surface area contributed by atoms with Gasteiger partial charge < -0.3 is 4.74 Å². The minimum Gasteiger partial charge on any atom is -0.468 e. The number of ether oxygens (including phenoxy) is 1. The van der Waals surface area contributed by atoms with Crippen molar-refractivity contribution in [2.75, 3.05) is 31.7 Å². The number of carbonyl (C=O) groups excluding carboxylic acids is 1. The van der Waals surface area contributed by atoms with Gasteiger partial charge in [-0.05, 0) is 6.92 Å². The minimum atomic E-state index is -0.196. The van der Waals surface area contributed by atoms with Gasteiger partial charge in [0.15, 0.2) is 0 Å². The number of methoxy groups -OCH3 is 1. The molecule has 0 aromatic rings. The minimum absolute atomic E-state index is 0.185. The molecular weight excluding hydrogens is 266 g/mol. The van der Waals surface area contributed by atoms with E-state index in [0.717, 1.165) is 24.6 Å². The van der Waals surface area contributed by atoms with E-state index in [0.29, 0.717) is 6.04 Å². The number of nitrogens with zero attached hydrogens (tertiary/aromatic N) is 1. The summed E-state index contributed by atoms with van der Waals surface area (Å²) < 4.78 is 4.67. The van der Waals surface area contributed by atoms with Crippen LogP contribution in [0.2, 0.25) is 0 Å². The van der Waals surface area contributed by atoms with Gasteiger partial charge in [0.25, 0.3) is 0 Å². The van der Waals surface area contributed by atoms with Crippen molar-refractivity contribution in [2.24, 2.45) is 0 Å². The van der Waals surface area contributed by atoms with Gasteiger partial charge in [0.1, 0.15) is 4.83 Å². The monoisotopic (exact) mass is 281 g/mol. The molecule has 0 aromatic heterocycles. The predicted octanol–water partition coefficient (Wildman–Crippen LogP) is 1.36. The van der Waals surface area contributed by atoms with Crippen LogP contribution < -0.4 is 0 Å². The van der Waals surface area contributed by atoms with Crippen LogP contribution >= 0.6 is 27.7 Å². The molecule has 2 atom stereocenters. The average Bonchev–Trinajstić information content (AvgIpc) is 2.20. The summed E-state index contributed by atoms with van der Waals surface area (Å²) in [7, 11) is 1.42. The number of hydrogen-bond acceptors (Lipinski definition) is 4. The van der Waals surface area contributed by atoms with Gasteiger partial charge in [0, 0.05) is 30.6 Å². The number of hydrogen-bond donors (Lipinski definition) is 0. The molecule has 0 spiro atoms. The SMILES string of the molecule is COC(=O)C(Br)CN1CCSCC1C. The Morgan fingerprint density at radius 2 is 2.50 bits per heavy atom. The lowest BCUT2D eigenvalue weighted by molar-refractivity contribution is -0.140. The van der Waals surface area contributed by atoms with Crippen LogP contribution in [0.3, 0.4) is 0 Å². The largest absolute Gasteiger partial charge is 0.468 e. The first-order valence-corrected chi connectivity index (χ1v) is 6.76. The molecule has 0 radical (unpaired) electrons. The highest BCUT2D eigenvalue weighted by Crippen LogP contribution is 2.17. The Morgan fingerprint density at radius 1 is 1.79 bits per heavy atom. The van der Waals surface area contributed by atoms with E-state index in [1.165, 1.54) is 7.11 Å². The second-order valence-electron chi connectivity index (χ2n) is 3.41. The van der Waals surface area contributed by atoms with E-state index >= 15 is 0 Å². The first-order chi connectivity index (χ1) is 6.65. The normalized spacial score (nSPS) is 25.8. The number of esters is 1. The second-order valence-corrected chi connectivity index (χ2v) is 5.66. The first kappa shape index (κ1) is 12.3. The topological polar surface area (TPSA) is 29.5 Å². The Kier molecular flexibility index (Phi) is 5.26. The van der Waals surface area contributed by atoms with Crippen LogP contribution in [-0.2, 0) is 9.53 Å². The Morgan fingerprint density at radius 3 is 3.07 bits per heavy atom. The maximum atomic E-state index is 11.2. The summed E-state index contributed by atoms with van der Waals surface area (Å²) in [6, 6.07) is 0.554. The molecule has 0 amide bonds. The number of rotatable bonds is 3. The lowest BCUT2D eigenvalue weighted by atomic mass is 10.3. The fourth-order valence-corrected chi connectivity index (χ4v) is 3.08. The van der Waals surface area contributed by atoms with Gasteiger partial charge in [-0.15, -0.1) is 0 Å². The van der Waals surface area contributed by atoms with Crippen LogP contribution in [0, 0.1) is 0 Å². The highest BCUT2D eigenvalue weighted by molar-refractivity contribution is 9.10. The molecule has 1 aliphatic heterocycles.